The van der Waals surface area contributed by atoms with Gasteiger partial charge in [-0.25, -0.2) is 0 Å². The van der Waals surface area contributed by atoms with Crippen LogP contribution in [0.2, 0.25) is 0 Å². The summed E-state index contributed by atoms with van der Waals surface area (Å²) < 4.78 is 12.5. The predicted octanol–water partition coefficient (Wildman–Crippen LogP) is 15.2. The van der Waals surface area contributed by atoms with Crippen molar-refractivity contribution in [3.63, 3.8) is 0 Å². The molecule has 6 nitrogen and oxygen atoms in total. The Morgan fingerprint density at radius 2 is 0.951 bits per heavy atom. The Balaban J connectivity index is 1.91. The van der Waals surface area contributed by atoms with Gasteiger partial charge in [0.15, 0.2) is 0 Å². The topological polar surface area (TPSA) is 76.1 Å². The zero-order valence-electron chi connectivity index (χ0n) is 40.3. The third kappa shape index (κ3) is 33.1. The second-order valence-corrected chi connectivity index (χ2v) is 22.8. The number of unbranched alkanes of at least 4 members (excludes halogenated alkanes) is 14. The fourth-order valence-electron chi connectivity index (χ4n) is 9.20. The van der Waals surface area contributed by atoms with Gasteiger partial charge in [-0.05, 0) is 115 Å². The molecule has 0 bridgehead atoms. The molecule has 2 rings (SSSR count). The summed E-state index contributed by atoms with van der Waals surface area (Å²) in [5, 5.41) is 10.7. The molecule has 0 aromatic carbocycles. The second-order valence-electron chi connectivity index (χ2n) is 18.9. The summed E-state index contributed by atoms with van der Waals surface area (Å²) in [5.74, 6) is 4.14. The van der Waals surface area contributed by atoms with Crippen molar-refractivity contribution >= 4 is 47.2 Å². The first kappa shape index (κ1) is 57.0. The van der Waals surface area contributed by atoms with E-state index in [4.69, 9.17) is 9.47 Å². The summed E-state index contributed by atoms with van der Waals surface area (Å²) in [5.41, 5.74) is 0. The number of hydrogen-bond donors (Lipinski definition) is 1. The lowest BCUT2D eigenvalue weighted by Gasteiger charge is -2.29. The number of thioether (sulfide) groups is 3. The number of aliphatic hydroxyl groups excluding tert-OH is 1. The smallest absolute Gasteiger partial charge is 0.306 e. The third-order valence-corrected chi connectivity index (χ3v) is 17.4. The standard InChI is InChI=1S/C52H99NO5S3/c1-4-6-8-10-12-14-22-38-51(55)57-47(44-60-49-34-18-16-19-35-49)32-26-24-30-46(53(3)40-28-42-59-43-29-41-54)31-25-27-33-48(45-61-50-36-20-17-21-37-50)58-52(56)39-23-15-13-11-9-7-5-2/h46-50,54H,4-45H2,1-3H3. The van der Waals surface area contributed by atoms with Crippen LogP contribution in [0.1, 0.15) is 245 Å². The largest absolute Gasteiger partial charge is 0.461 e. The van der Waals surface area contributed by atoms with E-state index in [1.165, 1.54) is 148 Å². The summed E-state index contributed by atoms with van der Waals surface area (Å²) >= 11 is 6.12. The highest BCUT2D eigenvalue weighted by Gasteiger charge is 2.22. The molecule has 2 fully saturated rings. The van der Waals surface area contributed by atoms with Crippen LogP contribution in [0, 0.1) is 0 Å². The Kier molecular flexibility index (Phi) is 38.7. The SMILES string of the molecule is CCCCCCCCCC(=O)OC(CCCCC(CCCCC(CSC1CCCCC1)OC(=O)CCCCCCCCC)N(C)CCCSCCCO)CSC1CCCCC1. The molecule has 0 heterocycles. The molecule has 0 amide bonds. The minimum atomic E-state index is 0.0243. The maximum Gasteiger partial charge on any atom is 0.306 e. The molecule has 0 aromatic rings. The Morgan fingerprint density at radius 1 is 0.541 bits per heavy atom. The minimum absolute atomic E-state index is 0.0243. The summed E-state index contributed by atoms with van der Waals surface area (Å²) in [6, 6.07) is 0.535. The molecule has 0 saturated heterocycles. The molecule has 2 aliphatic carbocycles. The lowest BCUT2D eigenvalue weighted by molar-refractivity contribution is -0.149. The summed E-state index contributed by atoms with van der Waals surface area (Å²) in [6.45, 7) is 5.91. The Bertz CT molecular complexity index is 928. The number of ether oxygens (including phenoxy) is 2. The van der Waals surface area contributed by atoms with Gasteiger partial charge in [-0.2, -0.15) is 35.3 Å². The normalized spacial score (nSPS) is 16.8. The number of rotatable bonds is 42. The molecular weight excluding hydrogens is 815 g/mol. The van der Waals surface area contributed by atoms with Crippen LogP contribution in [0.25, 0.3) is 0 Å². The molecule has 0 radical (unpaired) electrons. The molecular formula is C52H99NO5S3. The third-order valence-electron chi connectivity index (χ3n) is 13.2. The van der Waals surface area contributed by atoms with E-state index in [0.29, 0.717) is 18.9 Å². The van der Waals surface area contributed by atoms with Crippen LogP contribution in [0.3, 0.4) is 0 Å². The average molecular weight is 915 g/mol. The summed E-state index contributed by atoms with van der Waals surface area (Å²) in [6.07, 6.45) is 42.6. The van der Waals surface area contributed by atoms with Crippen LogP contribution in [0.4, 0.5) is 0 Å². The van der Waals surface area contributed by atoms with Gasteiger partial charge in [0.05, 0.1) is 0 Å². The minimum Gasteiger partial charge on any atom is -0.461 e. The maximum absolute atomic E-state index is 13.0. The highest BCUT2D eigenvalue weighted by molar-refractivity contribution is 8.00. The molecule has 2 atom stereocenters. The summed E-state index contributed by atoms with van der Waals surface area (Å²) in [4.78, 5) is 28.7. The van der Waals surface area contributed by atoms with Crippen molar-refractivity contribution in [2.45, 2.75) is 274 Å². The average Bonchev–Trinajstić information content (AvgIpc) is 3.27. The molecule has 0 aliphatic heterocycles. The molecule has 9 heteroatoms. The number of hydrogen-bond acceptors (Lipinski definition) is 9. The first-order valence-corrected chi connectivity index (χ1v) is 29.7. The van der Waals surface area contributed by atoms with Crippen molar-refractivity contribution in [3.05, 3.63) is 0 Å². The predicted molar refractivity (Wildman–Crippen MR) is 271 cm³/mol. The van der Waals surface area contributed by atoms with Crippen LogP contribution < -0.4 is 0 Å². The fourth-order valence-corrected chi connectivity index (χ4v) is 12.8. The number of nitrogens with zero attached hydrogens (tertiary/aromatic N) is 1. The van der Waals surface area contributed by atoms with Gasteiger partial charge in [-0.15, -0.1) is 0 Å². The van der Waals surface area contributed by atoms with Crippen molar-refractivity contribution in [2.75, 3.05) is 43.2 Å². The molecule has 360 valence electrons. The quantitative estimate of drug-likeness (QED) is 0.0476. The van der Waals surface area contributed by atoms with E-state index in [0.717, 1.165) is 111 Å². The lowest BCUT2D eigenvalue weighted by Crippen LogP contribution is -2.33. The van der Waals surface area contributed by atoms with E-state index < -0.39 is 0 Å². The van der Waals surface area contributed by atoms with E-state index >= 15 is 0 Å². The van der Waals surface area contributed by atoms with Crippen LogP contribution in [0.15, 0.2) is 0 Å². The van der Waals surface area contributed by atoms with Crippen LogP contribution >= 0.6 is 35.3 Å². The van der Waals surface area contributed by atoms with E-state index in [1.807, 2.05) is 11.8 Å². The fraction of sp³-hybridized carbons (Fsp3) is 0.962. The summed E-state index contributed by atoms with van der Waals surface area (Å²) in [7, 11) is 2.33. The highest BCUT2D eigenvalue weighted by Crippen LogP contribution is 2.31. The maximum atomic E-state index is 13.0. The van der Waals surface area contributed by atoms with Crippen molar-refractivity contribution in [1.82, 2.24) is 4.90 Å². The van der Waals surface area contributed by atoms with Gasteiger partial charge in [-0.3, -0.25) is 9.59 Å². The van der Waals surface area contributed by atoms with Gasteiger partial charge >= 0.3 is 11.9 Å². The molecule has 1 N–H and O–H groups in total. The van der Waals surface area contributed by atoms with Gasteiger partial charge in [-0.1, -0.05) is 142 Å². The molecule has 0 aromatic heterocycles. The van der Waals surface area contributed by atoms with Crippen molar-refractivity contribution in [3.8, 4) is 0 Å². The first-order valence-electron chi connectivity index (χ1n) is 26.5. The van der Waals surface area contributed by atoms with E-state index in [2.05, 4.69) is 49.3 Å². The van der Waals surface area contributed by atoms with Crippen LogP contribution in [-0.2, 0) is 19.1 Å². The second kappa shape index (κ2) is 41.3. The van der Waals surface area contributed by atoms with Gasteiger partial charge in [0.1, 0.15) is 12.2 Å². The van der Waals surface area contributed by atoms with Gasteiger partial charge in [0.25, 0.3) is 0 Å². The van der Waals surface area contributed by atoms with Crippen molar-refractivity contribution in [2.24, 2.45) is 0 Å². The first-order chi connectivity index (χ1) is 29.9. The Hall–Kier alpha value is -0.0900. The van der Waals surface area contributed by atoms with E-state index in [-0.39, 0.29) is 30.8 Å². The number of esters is 2. The number of carbonyl (C=O) groups excluding carboxylic acids is 2. The molecule has 2 saturated carbocycles. The van der Waals surface area contributed by atoms with Gasteiger partial charge in [0, 0.05) is 47.5 Å². The zero-order valence-corrected chi connectivity index (χ0v) is 42.8. The monoisotopic (exact) mass is 914 g/mol. The Morgan fingerprint density at radius 3 is 1.39 bits per heavy atom. The van der Waals surface area contributed by atoms with E-state index in [9.17, 15) is 14.7 Å². The zero-order chi connectivity index (χ0) is 43.9. The number of carbonyl (C=O) groups is 2. The van der Waals surface area contributed by atoms with Crippen LogP contribution in [0.5, 0.6) is 0 Å². The molecule has 0 spiro atoms. The highest BCUT2D eigenvalue weighted by atomic mass is 32.2. The lowest BCUT2D eigenvalue weighted by atomic mass is 9.99. The number of aliphatic hydroxyl groups is 1. The molecule has 2 unspecified atom stereocenters. The van der Waals surface area contributed by atoms with Gasteiger partial charge < -0.3 is 19.5 Å². The van der Waals surface area contributed by atoms with Gasteiger partial charge in [0.2, 0.25) is 0 Å². The molecule has 2 aliphatic rings. The van der Waals surface area contributed by atoms with E-state index in [1.54, 1.807) is 0 Å². The van der Waals surface area contributed by atoms with Crippen molar-refractivity contribution in [1.29, 1.82) is 0 Å². The molecule has 61 heavy (non-hydrogen) atoms. The van der Waals surface area contributed by atoms with Crippen LogP contribution in [-0.4, -0.2) is 93.9 Å². The Labute approximate surface area is 391 Å². The van der Waals surface area contributed by atoms with Crippen molar-refractivity contribution < 1.29 is 24.2 Å².